The van der Waals surface area contributed by atoms with Gasteiger partial charge in [0.25, 0.3) is 0 Å². The standard InChI is InChI=1S/C12H16N2O4/c1-2-3-4-7-10-8-5-6-9-11(10)13(12(15)16)14(17)18/h5-6,8-9H,2-4,7H2,1H3,(H,15,16). The number of aryl methyl sites for hydroxylation is 1. The minimum atomic E-state index is -1.58. The van der Waals surface area contributed by atoms with Crippen LogP contribution < -0.4 is 5.01 Å². The topological polar surface area (TPSA) is 83.7 Å². The molecule has 1 N–H and O–H groups in total. The maximum atomic E-state index is 10.9. The van der Waals surface area contributed by atoms with E-state index in [0.717, 1.165) is 19.3 Å². The maximum absolute atomic E-state index is 10.9. The molecule has 1 rings (SSSR count). The van der Waals surface area contributed by atoms with Crippen LogP contribution in [0.1, 0.15) is 31.7 Å². The van der Waals surface area contributed by atoms with Crippen molar-refractivity contribution in [3.63, 3.8) is 0 Å². The first-order chi connectivity index (χ1) is 8.57. The monoisotopic (exact) mass is 252 g/mol. The summed E-state index contributed by atoms with van der Waals surface area (Å²) in [7, 11) is 0. The molecule has 0 heterocycles. The number of nitro groups is 1. The lowest BCUT2D eigenvalue weighted by Gasteiger charge is -2.12. The molecule has 0 fully saturated rings. The summed E-state index contributed by atoms with van der Waals surface area (Å²) >= 11 is 0. The van der Waals surface area contributed by atoms with Crippen molar-refractivity contribution >= 4 is 11.8 Å². The third kappa shape index (κ3) is 3.44. The summed E-state index contributed by atoms with van der Waals surface area (Å²) in [6.45, 7) is 2.06. The number of para-hydroxylation sites is 1. The van der Waals surface area contributed by atoms with E-state index in [2.05, 4.69) is 6.92 Å². The third-order valence-electron chi connectivity index (χ3n) is 2.61. The second-order valence-electron chi connectivity index (χ2n) is 3.92. The molecule has 0 aliphatic rings. The molecule has 0 unspecified atom stereocenters. The summed E-state index contributed by atoms with van der Waals surface area (Å²) in [6, 6.07) is 6.53. The highest BCUT2D eigenvalue weighted by Crippen LogP contribution is 2.22. The van der Waals surface area contributed by atoms with Crippen LogP contribution in [0.5, 0.6) is 0 Å². The van der Waals surface area contributed by atoms with Crippen LogP contribution in [0.2, 0.25) is 0 Å². The van der Waals surface area contributed by atoms with Crippen molar-refractivity contribution in [1.29, 1.82) is 0 Å². The number of unbranched alkanes of at least 4 members (excludes halogenated alkanes) is 2. The van der Waals surface area contributed by atoms with Crippen LogP contribution in [-0.2, 0) is 6.42 Å². The van der Waals surface area contributed by atoms with E-state index in [0.29, 0.717) is 12.0 Å². The van der Waals surface area contributed by atoms with Gasteiger partial charge in [-0.2, -0.15) is 0 Å². The third-order valence-corrected chi connectivity index (χ3v) is 2.61. The van der Waals surface area contributed by atoms with Crippen molar-refractivity contribution in [1.82, 2.24) is 0 Å². The Bertz CT molecular complexity index is 420. The fourth-order valence-corrected chi connectivity index (χ4v) is 1.76. The molecule has 0 saturated carbocycles. The van der Waals surface area contributed by atoms with E-state index >= 15 is 0 Å². The summed E-state index contributed by atoms with van der Waals surface area (Å²) in [6.07, 6.45) is 2.00. The lowest BCUT2D eigenvalue weighted by molar-refractivity contribution is -0.483. The van der Waals surface area contributed by atoms with Gasteiger partial charge in [0.05, 0.1) is 0 Å². The van der Waals surface area contributed by atoms with Crippen LogP contribution >= 0.6 is 0 Å². The predicted octanol–water partition coefficient (Wildman–Crippen LogP) is 3.10. The van der Waals surface area contributed by atoms with Gasteiger partial charge in [0.15, 0.2) is 5.03 Å². The fourth-order valence-electron chi connectivity index (χ4n) is 1.76. The Labute approximate surface area is 105 Å². The molecule has 0 bridgehead atoms. The van der Waals surface area contributed by atoms with Crippen molar-refractivity contribution < 1.29 is 14.9 Å². The van der Waals surface area contributed by atoms with E-state index < -0.39 is 11.1 Å². The lowest BCUT2D eigenvalue weighted by Crippen LogP contribution is -2.35. The molecule has 0 spiro atoms. The Morgan fingerprint density at radius 2 is 2.06 bits per heavy atom. The number of hydrazine groups is 1. The van der Waals surface area contributed by atoms with Gasteiger partial charge in [-0.1, -0.05) is 38.0 Å². The normalized spacial score (nSPS) is 10.1. The van der Waals surface area contributed by atoms with Crippen LogP contribution in [0.15, 0.2) is 24.3 Å². The number of anilines is 1. The molecule has 0 atom stereocenters. The van der Waals surface area contributed by atoms with Crippen molar-refractivity contribution in [2.45, 2.75) is 32.6 Å². The van der Waals surface area contributed by atoms with Gasteiger partial charge in [-0.15, -0.1) is 0 Å². The van der Waals surface area contributed by atoms with E-state index in [1.807, 2.05) is 0 Å². The van der Waals surface area contributed by atoms with Crippen LogP contribution in [0, 0.1) is 10.1 Å². The Balaban J connectivity index is 2.99. The van der Waals surface area contributed by atoms with E-state index in [1.54, 1.807) is 18.2 Å². The van der Waals surface area contributed by atoms with Gasteiger partial charge in [0, 0.05) is 5.01 Å². The number of amides is 1. The average molecular weight is 252 g/mol. The molecule has 18 heavy (non-hydrogen) atoms. The summed E-state index contributed by atoms with van der Waals surface area (Å²) in [5, 5.41) is 18.9. The van der Waals surface area contributed by atoms with Gasteiger partial charge in [-0.05, 0) is 24.5 Å². The first kappa shape index (κ1) is 14.0. The Morgan fingerprint density at radius 3 is 2.61 bits per heavy atom. The first-order valence-electron chi connectivity index (χ1n) is 5.83. The van der Waals surface area contributed by atoms with Gasteiger partial charge in [-0.3, -0.25) is 0 Å². The zero-order valence-electron chi connectivity index (χ0n) is 10.2. The molecule has 98 valence electrons. The van der Waals surface area contributed by atoms with E-state index in [9.17, 15) is 14.9 Å². The SMILES string of the molecule is CCCCCc1ccccc1N(C(=O)O)[N+](=O)[O-]. The van der Waals surface area contributed by atoms with Crippen LogP contribution in [-0.4, -0.2) is 16.2 Å². The largest absolute Gasteiger partial charge is 0.470 e. The summed E-state index contributed by atoms with van der Waals surface area (Å²) in [5.41, 5.74) is 0.816. The van der Waals surface area contributed by atoms with Gasteiger partial charge < -0.3 is 5.11 Å². The van der Waals surface area contributed by atoms with Crippen molar-refractivity contribution in [2.75, 3.05) is 5.01 Å². The molecular weight excluding hydrogens is 236 g/mol. The van der Waals surface area contributed by atoms with Gasteiger partial charge in [0.1, 0.15) is 5.69 Å². The highest BCUT2D eigenvalue weighted by Gasteiger charge is 2.28. The molecule has 6 nitrogen and oxygen atoms in total. The van der Waals surface area contributed by atoms with Gasteiger partial charge in [-0.25, -0.2) is 14.9 Å². The van der Waals surface area contributed by atoms with Gasteiger partial charge >= 0.3 is 6.09 Å². The minimum absolute atomic E-state index is 0.131. The minimum Gasteiger partial charge on any atom is -0.461 e. The molecule has 1 aromatic rings. The van der Waals surface area contributed by atoms with Crippen LogP contribution in [0.4, 0.5) is 10.5 Å². The number of carboxylic acid groups (broad SMARTS) is 1. The highest BCUT2D eigenvalue weighted by molar-refractivity contribution is 5.84. The van der Waals surface area contributed by atoms with E-state index in [4.69, 9.17) is 5.11 Å². The predicted molar refractivity (Wildman–Crippen MR) is 67.2 cm³/mol. The Hall–Kier alpha value is -2.11. The molecular formula is C12H16N2O4. The van der Waals surface area contributed by atoms with Crippen LogP contribution in [0.25, 0.3) is 0 Å². The molecule has 0 aliphatic heterocycles. The number of hydrogen-bond donors (Lipinski definition) is 1. The number of benzene rings is 1. The van der Waals surface area contributed by atoms with Crippen molar-refractivity contribution in [3.05, 3.63) is 39.9 Å². The number of hydrogen-bond acceptors (Lipinski definition) is 3. The smallest absolute Gasteiger partial charge is 0.461 e. The molecule has 0 radical (unpaired) electrons. The van der Waals surface area contributed by atoms with Crippen molar-refractivity contribution in [3.8, 4) is 0 Å². The van der Waals surface area contributed by atoms with E-state index in [-0.39, 0.29) is 10.7 Å². The van der Waals surface area contributed by atoms with E-state index in [1.165, 1.54) is 6.07 Å². The molecule has 6 heteroatoms. The summed E-state index contributed by atoms with van der Waals surface area (Å²) < 4.78 is 0. The van der Waals surface area contributed by atoms with Crippen molar-refractivity contribution in [2.24, 2.45) is 0 Å². The number of carbonyl (C=O) groups is 1. The molecule has 0 saturated heterocycles. The second kappa shape index (κ2) is 6.58. The molecule has 1 aromatic carbocycles. The molecule has 0 aliphatic carbocycles. The highest BCUT2D eigenvalue weighted by atomic mass is 16.7. The molecule has 0 aromatic heterocycles. The molecule has 1 amide bonds. The second-order valence-corrected chi connectivity index (χ2v) is 3.92. The Morgan fingerprint density at radius 1 is 1.39 bits per heavy atom. The number of rotatable bonds is 6. The average Bonchev–Trinajstić information content (AvgIpc) is 2.30. The Kier molecular flexibility index (Phi) is 5.10. The fraction of sp³-hybridized carbons (Fsp3) is 0.417. The summed E-state index contributed by atoms with van der Waals surface area (Å²) in [4.78, 5) is 21.7. The lowest BCUT2D eigenvalue weighted by atomic mass is 10.1. The maximum Gasteiger partial charge on any atom is 0.470 e. The quantitative estimate of drug-likeness (QED) is 0.479. The first-order valence-corrected chi connectivity index (χ1v) is 5.83. The zero-order valence-corrected chi connectivity index (χ0v) is 10.2. The number of nitrogens with zero attached hydrogens (tertiary/aromatic N) is 2. The zero-order chi connectivity index (χ0) is 13.5. The van der Waals surface area contributed by atoms with Crippen LogP contribution in [0.3, 0.4) is 0 Å². The van der Waals surface area contributed by atoms with Gasteiger partial charge in [0.2, 0.25) is 0 Å². The summed E-state index contributed by atoms with van der Waals surface area (Å²) in [5.74, 6) is 0.